The first-order valence-electron chi connectivity index (χ1n) is 7.68. The molecule has 0 amide bonds. The van der Waals surface area contributed by atoms with E-state index in [1.807, 2.05) is 0 Å². The zero-order valence-electron chi connectivity index (χ0n) is 12.9. The third-order valence-corrected chi connectivity index (χ3v) is 4.36. The highest BCUT2D eigenvalue weighted by atomic mass is 15.2. The van der Waals surface area contributed by atoms with Gasteiger partial charge < -0.3 is 10.2 Å². The van der Waals surface area contributed by atoms with Crippen LogP contribution in [-0.4, -0.2) is 19.1 Å². The van der Waals surface area contributed by atoms with Gasteiger partial charge in [0.15, 0.2) is 0 Å². The Labute approximate surface area is 118 Å². The predicted molar refractivity (Wildman–Crippen MR) is 83.8 cm³/mol. The average Bonchev–Trinajstić information content (AvgIpc) is 2.37. The summed E-state index contributed by atoms with van der Waals surface area (Å²) in [5.41, 5.74) is 4.23. The van der Waals surface area contributed by atoms with Gasteiger partial charge in [0.1, 0.15) is 0 Å². The van der Waals surface area contributed by atoms with Gasteiger partial charge in [-0.25, -0.2) is 0 Å². The molecule has 0 radical (unpaired) electrons. The van der Waals surface area contributed by atoms with Crippen LogP contribution in [-0.2, 0) is 6.54 Å². The number of rotatable bonds is 4. The molecule has 2 unspecified atom stereocenters. The monoisotopic (exact) mass is 260 g/mol. The third kappa shape index (κ3) is 3.50. The Hall–Kier alpha value is -1.02. The van der Waals surface area contributed by atoms with Crippen LogP contribution in [0.5, 0.6) is 0 Å². The lowest BCUT2D eigenvalue weighted by Crippen LogP contribution is -2.40. The molecule has 0 bridgehead atoms. The predicted octanol–water partition coefficient (Wildman–Crippen LogP) is 3.73. The molecule has 1 aromatic rings. The SMILES string of the molecule is CCNCc1ccc(N2CCC(C)CC2C)cc1C. The highest BCUT2D eigenvalue weighted by Crippen LogP contribution is 2.29. The lowest BCUT2D eigenvalue weighted by Gasteiger charge is -2.38. The first-order valence-corrected chi connectivity index (χ1v) is 7.68. The Morgan fingerprint density at radius 1 is 1.32 bits per heavy atom. The third-order valence-electron chi connectivity index (χ3n) is 4.36. The molecule has 0 saturated carbocycles. The van der Waals surface area contributed by atoms with E-state index in [9.17, 15) is 0 Å². The second-order valence-electron chi connectivity index (χ2n) is 6.06. The number of piperidine rings is 1. The smallest absolute Gasteiger partial charge is 0.0371 e. The minimum absolute atomic E-state index is 0.669. The number of nitrogens with one attached hydrogen (secondary N) is 1. The zero-order chi connectivity index (χ0) is 13.8. The molecule has 0 aliphatic carbocycles. The fourth-order valence-electron chi connectivity index (χ4n) is 3.11. The summed E-state index contributed by atoms with van der Waals surface area (Å²) in [6.45, 7) is 12.3. The average molecular weight is 260 g/mol. The van der Waals surface area contributed by atoms with Crippen LogP contribution in [0.25, 0.3) is 0 Å². The lowest BCUT2D eigenvalue weighted by molar-refractivity contribution is 0.378. The van der Waals surface area contributed by atoms with Gasteiger partial charge in [-0.05, 0) is 62.4 Å². The van der Waals surface area contributed by atoms with Crippen molar-refractivity contribution in [2.24, 2.45) is 5.92 Å². The van der Waals surface area contributed by atoms with Gasteiger partial charge in [-0.2, -0.15) is 0 Å². The lowest BCUT2D eigenvalue weighted by atomic mass is 9.92. The fraction of sp³-hybridized carbons (Fsp3) is 0.647. The standard InChI is InChI=1S/C17H28N2/c1-5-18-12-16-6-7-17(11-14(16)3)19-9-8-13(2)10-15(19)4/h6-7,11,13,15,18H,5,8-10,12H2,1-4H3. The maximum absolute atomic E-state index is 3.41. The highest BCUT2D eigenvalue weighted by Gasteiger charge is 2.23. The summed E-state index contributed by atoms with van der Waals surface area (Å²) in [6, 6.07) is 7.62. The van der Waals surface area contributed by atoms with Crippen molar-refractivity contribution in [1.29, 1.82) is 0 Å². The van der Waals surface area contributed by atoms with E-state index in [0.717, 1.165) is 19.0 Å². The number of benzene rings is 1. The molecule has 2 atom stereocenters. The summed E-state index contributed by atoms with van der Waals surface area (Å²) < 4.78 is 0. The molecule has 1 saturated heterocycles. The van der Waals surface area contributed by atoms with Gasteiger partial charge >= 0.3 is 0 Å². The summed E-state index contributed by atoms with van der Waals surface area (Å²) in [6.07, 6.45) is 2.64. The molecule has 1 fully saturated rings. The largest absolute Gasteiger partial charge is 0.369 e. The molecule has 1 aromatic carbocycles. The molecule has 19 heavy (non-hydrogen) atoms. The molecular weight excluding hydrogens is 232 g/mol. The fourth-order valence-corrected chi connectivity index (χ4v) is 3.11. The number of anilines is 1. The van der Waals surface area contributed by atoms with Crippen molar-refractivity contribution in [1.82, 2.24) is 5.32 Å². The summed E-state index contributed by atoms with van der Waals surface area (Å²) in [5, 5.41) is 3.41. The number of aryl methyl sites for hydroxylation is 1. The van der Waals surface area contributed by atoms with Crippen molar-refractivity contribution in [2.75, 3.05) is 18.0 Å². The number of hydrogen-bond donors (Lipinski definition) is 1. The summed E-state index contributed by atoms with van der Waals surface area (Å²) in [7, 11) is 0. The number of nitrogens with zero attached hydrogens (tertiary/aromatic N) is 1. The maximum Gasteiger partial charge on any atom is 0.0371 e. The minimum Gasteiger partial charge on any atom is -0.369 e. The van der Waals surface area contributed by atoms with Gasteiger partial charge in [0.05, 0.1) is 0 Å². The normalized spacial score (nSPS) is 23.7. The zero-order valence-corrected chi connectivity index (χ0v) is 12.9. The van der Waals surface area contributed by atoms with Crippen molar-refractivity contribution >= 4 is 5.69 Å². The Bertz CT molecular complexity index is 414. The van der Waals surface area contributed by atoms with E-state index < -0.39 is 0 Å². The van der Waals surface area contributed by atoms with E-state index in [4.69, 9.17) is 0 Å². The summed E-state index contributed by atoms with van der Waals surface area (Å²) >= 11 is 0. The summed E-state index contributed by atoms with van der Waals surface area (Å²) in [5.74, 6) is 0.875. The second-order valence-corrected chi connectivity index (χ2v) is 6.06. The van der Waals surface area contributed by atoms with Crippen molar-refractivity contribution in [2.45, 2.75) is 53.1 Å². The van der Waals surface area contributed by atoms with E-state index in [2.05, 4.69) is 56.1 Å². The maximum atomic E-state index is 3.41. The molecule has 2 nitrogen and oxygen atoms in total. The van der Waals surface area contributed by atoms with Gasteiger partial charge in [-0.1, -0.05) is 19.9 Å². The van der Waals surface area contributed by atoms with Gasteiger partial charge in [-0.3, -0.25) is 0 Å². The Kier molecular flexibility index (Phi) is 4.87. The van der Waals surface area contributed by atoms with Crippen LogP contribution in [0.1, 0.15) is 44.7 Å². The molecule has 0 aromatic heterocycles. The van der Waals surface area contributed by atoms with Gasteiger partial charge in [0.25, 0.3) is 0 Å². The van der Waals surface area contributed by atoms with Gasteiger partial charge in [0, 0.05) is 24.8 Å². The summed E-state index contributed by atoms with van der Waals surface area (Å²) in [4.78, 5) is 2.57. The first-order chi connectivity index (χ1) is 9.11. The molecule has 0 spiro atoms. The molecule has 1 aliphatic heterocycles. The topological polar surface area (TPSA) is 15.3 Å². The molecule has 1 N–H and O–H groups in total. The Morgan fingerprint density at radius 3 is 2.74 bits per heavy atom. The van der Waals surface area contributed by atoms with E-state index in [1.54, 1.807) is 0 Å². The first kappa shape index (κ1) is 14.4. The molecular formula is C17H28N2. The second kappa shape index (κ2) is 6.42. The Morgan fingerprint density at radius 2 is 2.11 bits per heavy atom. The van der Waals surface area contributed by atoms with Gasteiger partial charge in [0.2, 0.25) is 0 Å². The van der Waals surface area contributed by atoms with Crippen LogP contribution in [0.3, 0.4) is 0 Å². The van der Waals surface area contributed by atoms with Crippen molar-refractivity contribution < 1.29 is 0 Å². The van der Waals surface area contributed by atoms with Crippen molar-refractivity contribution in [3.8, 4) is 0 Å². The van der Waals surface area contributed by atoms with E-state index in [1.165, 1.54) is 36.2 Å². The van der Waals surface area contributed by atoms with Crippen LogP contribution < -0.4 is 10.2 Å². The molecule has 2 rings (SSSR count). The van der Waals surface area contributed by atoms with Crippen molar-refractivity contribution in [3.63, 3.8) is 0 Å². The van der Waals surface area contributed by atoms with Gasteiger partial charge in [-0.15, -0.1) is 0 Å². The molecule has 106 valence electrons. The van der Waals surface area contributed by atoms with E-state index in [0.29, 0.717) is 6.04 Å². The molecule has 1 aliphatic rings. The van der Waals surface area contributed by atoms with Crippen LogP contribution in [0.2, 0.25) is 0 Å². The minimum atomic E-state index is 0.669. The quantitative estimate of drug-likeness (QED) is 0.887. The highest BCUT2D eigenvalue weighted by molar-refractivity contribution is 5.52. The van der Waals surface area contributed by atoms with Crippen molar-refractivity contribution in [3.05, 3.63) is 29.3 Å². The van der Waals surface area contributed by atoms with Crippen LogP contribution in [0.4, 0.5) is 5.69 Å². The number of hydrogen-bond acceptors (Lipinski definition) is 2. The van der Waals surface area contributed by atoms with E-state index >= 15 is 0 Å². The Balaban J connectivity index is 2.10. The van der Waals surface area contributed by atoms with Crippen LogP contribution >= 0.6 is 0 Å². The molecule has 2 heteroatoms. The van der Waals surface area contributed by atoms with E-state index in [-0.39, 0.29) is 0 Å². The molecule has 1 heterocycles. The van der Waals surface area contributed by atoms with Crippen LogP contribution in [0, 0.1) is 12.8 Å². The van der Waals surface area contributed by atoms with Crippen LogP contribution in [0.15, 0.2) is 18.2 Å².